The first kappa shape index (κ1) is 21.0. The van der Waals surface area contributed by atoms with Gasteiger partial charge < -0.3 is 5.32 Å². The van der Waals surface area contributed by atoms with E-state index in [0.29, 0.717) is 0 Å². The summed E-state index contributed by atoms with van der Waals surface area (Å²) in [5, 5.41) is 3.22. The zero-order valence-electron chi connectivity index (χ0n) is 15.4. The van der Waals surface area contributed by atoms with Crippen molar-refractivity contribution in [1.29, 1.82) is 0 Å². The van der Waals surface area contributed by atoms with Crippen molar-refractivity contribution >= 4 is 0 Å². The average molecular weight is 298 g/mol. The van der Waals surface area contributed by atoms with Crippen molar-refractivity contribution in [3.05, 3.63) is 0 Å². The summed E-state index contributed by atoms with van der Waals surface area (Å²) in [5.74, 6) is 0.961. The van der Waals surface area contributed by atoms with Gasteiger partial charge in [0.2, 0.25) is 0 Å². The van der Waals surface area contributed by atoms with E-state index in [1.807, 2.05) is 7.05 Å². The van der Waals surface area contributed by atoms with Crippen molar-refractivity contribution in [3.63, 3.8) is 0 Å². The van der Waals surface area contributed by atoms with Gasteiger partial charge in [-0.1, -0.05) is 104 Å². The van der Waals surface area contributed by atoms with Crippen molar-refractivity contribution in [2.45, 2.75) is 110 Å². The molecule has 0 heterocycles. The molecule has 1 atom stereocenters. The van der Waals surface area contributed by atoms with E-state index in [4.69, 9.17) is 0 Å². The van der Waals surface area contributed by atoms with Gasteiger partial charge in [-0.05, 0) is 25.9 Å². The molecule has 0 aromatic heterocycles. The fourth-order valence-electron chi connectivity index (χ4n) is 3.10. The Labute approximate surface area is 135 Å². The van der Waals surface area contributed by atoms with E-state index < -0.39 is 0 Å². The van der Waals surface area contributed by atoms with Crippen LogP contribution in [-0.4, -0.2) is 13.6 Å². The lowest BCUT2D eigenvalue weighted by Crippen LogP contribution is -2.06. The highest BCUT2D eigenvalue weighted by molar-refractivity contribution is 4.56. The first-order valence-electron chi connectivity index (χ1n) is 9.95. The Morgan fingerprint density at radius 2 is 1.05 bits per heavy atom. The Kier molecular flexibility index (Phi) is 18.0. The summed E-state index contributed by atoms with van der Waals surface area (Å²) in [5.41, 5.74) is 0. The average Bonchev–Trinajstić information content (AvgIpc) is 2.49. The van der Waals surface area contributed by atoms with Gasteiger partial charge in [-0.3, -0.25) is 0 Å². The Morgan fingerprint density at radius 1 is 0.619 bits per heavy atom. The molecule has 1 nitrogen and oxygen atoms in total. The van der Waals surface area contributed by atoms with Crippen LogP contribution in [0.1, 0.15) is 110 Å². The van der Waals surface area contributed by atoms with E-state index in [2.05, 4.69) is 19.2 Å². The zero-order valence-corrected chi connectivity index (χ0v) is 15.4. The van der Waals surface area contributed by atoms with Gasteiger partial charge >= 0.3 is 0 Å². The van der Waals surface area contributed by atoms with E-state index in [1.54, 1.807) is 0 Å². The minimum atomic E-state index is 0.961. The molecule has 1 N–H and O–H groups in total. The van der Waals surface area contributed by atoms with Crippen LogP contribution in [0.25, 0.3) is 0 Å². The molecule has 21 heavy (non-hydrogen) atoms. The maximum atomic E-state index is 3.22. The molecule has 0 aromatic rings. The second kappa shape index (κ2) is 18.0. The summed E-state index contributed by atoms with van der Waals surface area (Å²) >= 11 is 0. The van der Waals surface area contributed by atoms with Crippen molar-refractivity contribution in [2.75, 3.05) is 13.6 Å². The van der Waals surface area contributed by atoms with Gasteiger partial charge in [0.15, 0.2) is 0 Å². The number of hydrogen-bond donors (Lipinski definition) is 1. The molecule has 0 radical (unpaired) electrons. The van der Waals surface area contributed by atoms with Crippen molar-refractivity contribution in [3.8, 4) is 0 Å². The summed E-state index contributed by atoms with van der Waals surface area (Å²) in [4.78, 5) is 0. The van der Waals surface area contributed by atoms with Crippen LogP contribution in [0.5, 0.6) is 0 Å². The van der Waals surface area contributed by atoms with E-state index in [-0.39, 0.29) is 0 Å². The first-order valence-corrected chi connectivity index (χ1v) is 9.95. The van der Waals surface area contributed by atoms with Crippen LogP contribution in [0.2, 0.25) is 0 Å². The lowest BCUT2D eigenvalue weighted by molar-refractivity contribution is 0.431. The summed E-state index contributed by atoms with van der Waals surface area (Å²) in [6.45, 7) is 5.95. The van der Waals surface area contributed by atoms with Crippen LogP contribution < -0.4 is 5.32 Å². The predicted octanol–water partition coefficient (Wildman–Crippen LogP) is 6.71. The molecule has 0 rings (SSSR count). The SMILES string of the molecule is CCCCCCCCCCC(C)CCCCCCCNC. The number of unbranched alkanes of at least 4 members (excludes halogenated alkanes) is 11. The molecule has 0 aromatic carbocycles. The summed E-state index contributed by atoms with van der Waals surface area (Å²) in [6.07, 6.45) is 21.7. The van der Waals surface area contributed by atoms with Crippen LogP contribution >= 0.6 is 0 Å². The largest absolute Gasteiger partial charge is 0.320 e. The predicted molar refractivity (Wildman–Crippen MR) is 98.0 cm³/mol. The van der Waals surface area contributed by atoms with Crippen LogP contribution in [0.4, 0.5) is 0 Å². The lowest BCUT2D eigenvalue weighted by Gasteiger charge is -2.11. The fourth-order valence-corrected chi connectivity index (χ4v) is 3.10. The van der Waals surface area contributed by atoms with Crippen molar-refractivity contribution < 1.29 is 0 Å². The number of hydrogen-bond acceptors (Lipinski definition) is 1. The third-order valence-corrected chi connectivity index (χ3v) is 4.67. The van der Waals surface area contributed by atoms with Crippen molar-refractivity contribution in [1.82, 2.24) is 5.32 Å². The monoisotopic (exact) mass is 297 g/mol. The third kappa shape index (κ3) is 17.9. The molecule has 0 saturated carbocycles. The minimum absolute atomic E-state index is 0.961. The minimum Gasteiger partial charge on any atom is -0.320 e. The Balaban J connectivity index is 3.11. The molecule has 1 heteroatoms. The van der Waals surface area contributed by atoms with Gasteiger partial charge in [0.1, 0.15) is 0 Å². The third-order valence-electron chi connectivity index (χ3n) is 4.67. The molecule has 1 unspecified atom stereocenters. The van der Waals surface area contributed by atoms with Gasteiger partial charge in [0.05, 0.1) is 0 Å². The van der Waals surface area contributed by atoms with Crippen LogP contribution in [0.15, 0.2) is 0 Å². The molecule has 0 bridgehead atoms. The van der Waals surface area contributed by atoms with Crippen LogP contribution in [-0.2, 0) is 0 Å². The Hall–Kier alpha value is -0.0400. The fraction of sp³-hybridized carbons (Fsp3) is 1.00. The standard InChI is InChI=1S/C20H43N/c1-4-5-6-7-8-9-11-14-17-20(2)18-15-12-10-13-16-19-21-3/h20-21H,4-19H2,1-3H3. The number of rotatable bonds is 17. The van der Waals surface area contributed by atoms with E-state index in [9.17, 15) is 0 Å². The first-order chi connectivity index (χ1) is 10.3. The van der Waals surface area contributed by atoms with Gasteiger partial charge in [0, 0.05) is 0 Å². The molecule has 0 aliphatic heterocycles. The molecule has 0 aliphatic rings. The molecule has 0 aliphatic carbocycles. The quantitative estimate of drug-likeness (QED) is 0.294. The van der Waals surface area contributed by atoms with E-state index in [0.717, 1.165) is 5.92 Å². The van der Waals surface area contributed by atoms with Crippen LogP contribution in [0, 0.1) is 5.92 Å². The summed E-state index contributed by atoms with van der Waals surface area (Å²) in [6, 6.07) is 0. The Morgan fingerprint density at radius 3 is 1.52 bits per heavy atom. The molecular weight excluding hydrogens is 254 g/mol. The van der Waals surface area contributed by atoms with Crippen molar-refractivity contribution in [2.24, 2.45) is 5.92 Å². The second-order valence-electron chi connectivity index (χ2n) is 7.03. The Bertz CT molecular complexity index is 179. The van der Waals surface area contributed by atoms with E-state index in [1.165, 1.54) is 103 Å². The number of nitrogens with one attached hydrogen (secondary N) is 1. The maximum absolute atomic E-state index is 3.22. The molecule has 0 amide bonds. The highest BCUT2D eigenvalue weighted by atomic mass is 14.8. The molecule has 128 valence electrons. The zero-order chi connectivity index (χ0) is 15.6. The smallest absolute Gasteiger partial charge is 0.00519 e. The van der Waals surface area contributed by atoms with Gasteiger partial charge in [0.25, 0.3) is 0 Å². The van der Waals surface area contributed by atoms with Gasteiger partial charge in [-0.2, -0.15) is 0 Å². The highest BCUT2D eigenvalue weighted by Crippen LogP contribution is 2.18. The lowest BCUT2D eigenvalue weighted by atomic mass is 9.96. The van der Waals surface area contributed by atoms with Gasteiger partial charge in [-0.15, -0.1) is 0 Å². The summed E-state index contributed by atoms with van der Waals surface area (Å²) in [7, 11) is 2.05. The topological polar surface area (TPSA) is 12.0 Å². The molecule has 0 saturated heterocycles. The van der Waals surface area contributed by atoms with Gasteiger partial charge in [-0.25, -0.2) is 0 Å². The highest BCUT2D eigenvalue weighted by Gasteiger charge is 2.02. The maximum Gasteiger partial charge on any atom is -0.00519 e. The molecule has 0 fully saturated rings. The molecular formula is C20H43N. The van der Waals surface area contributed by atoms with E-state index >= 15 is 0 Å². The van der Waals surface area contributed by atoms with Crippen LogP contribution in [0.3, 0.4) is 0 Å². The summed E-state index contributed by atoms with van der Waals surface area (Å²) < 4.78 is 0. The normalized spacial score (nSPS) is 12.7. The molecule has 0 spiro atoms. The second-order valence-corrected chi connectivity index (χ2v) is 7.03.